The highest BCUT2D eigenvalue weighted by Crippen LogP contribution is 2.41. The number of carbonyl (C=O) groups excluding carboxylic acids is 1. The second-order valence-electron chi connectivity index (χ2n) is 8.66. The Morgan fingerprint density at radius 3 is 2.75 bits per heavy atom. The summed E-state index contributed by atoms with van der Waals surface area (Å²) in [5.74, 6) is 0.274. The molecule has 9 heteroatoms. The van der Waals surface area contributed by atoms with E-state index in [1.807, 2.05) is 46.9 Å². The van der Waals surface area contributed by atoms with E-state index in [9.17, 15) is 9.18 Å². The second kappa shape index (κ2) is 9.49. The molecule has 0 bridgehead atoms. The number of benzene rings is 2. The number of amidine groups is 1. The summed E-state index contributed by atoms with van der Waals surface area (Å²) in [6.07, 6.45) is 7.24. The maximum Gasteiger partial charge on any atom is 0.380 e. The number of aryl methyl sites for hydroxylation is 1. The van der Waals surface area contributed by atoms with E-state index in [-0.39, 0.29) is 6.61 Å². The number of halogens is 1. The smallest absolute Gasteiger partial charge is 0.380 e. The van der Waals surface area contributed by atoms with Crippen LogP contribution in [0.4, 0.5) is 4.39 Å². The van der Waals surface area contributed by atoms with Gasteiger partial charge in [-0.05, 0) is 80.3 Å². The molecule has 1 saturated heterocycles. The van der Waals surface area contributed by atoms with E-state index < -0.39 is 17.5 Å². The van der Waals surface area contributed by atoms with Crippen LogP contribution in [-0.2, 0) is 20.1 Å². The molecule has 1 fully saturated rings. The van der Waals surface area contributed by atoms with E-state index in [2.05, 4.69) is 10.1 Å². The third-order valence-corrected chi connectivity index (χ3v) is 6.34. The highest BCUT2D eigenvalue weighted by molar-refractivity contribution is 6.06. The monoisotopic (exact) mass is 490 g/mol. The molecule has 186 valence electrons. The molecule has 3 aromatic rings. The van der Waals surface area contributed by atoms with Gasteiger partial charge in [-0.1, -0.05) is 11.2 Å². The Labute approximate surface area is 208 Å². The van der Waals surface area contributed by atoms with E-state index in [1.54, 1.807) is 20.4 Å². The number of piperidine rings is 1. The Morgan fingerprint density at radius 1 is 1.25 bits per heavy atom. The van der Waals surface area contributed by atoms with Gasteiger partial charge in [-0.15, -0.1) is 0 Å². The first-order valence-corrected chi connectivity index (χ1v) is 11.8. The lowest BCUT2D eigenvalue weighted by Crippen LogP contribution is -2.54. The van der Waals surface area contributed by atoms with Crippen LogP contribution >= 0.6 is 0 Å². The Kier molecular flexibility index (Phi) is 6.22. The molecule has 0 aliphatic carbocycles. The maximum atomic E-state index is 13.7. The molecular formula is C27H27FN4O4. The number of rotatable bonds is 6. The number of imidazole rings is 1. The van der Waals surface area contributed by atoms with Crippen LogP contribution in [0.3, 0.4) is 0 Å². The fourth-order valence-electron chi connectivity index (χ4n) is 4.66. The predicted molar refractivity (Wildman–Crippen MR) is 132 cm³/mol. The van der Waals surface area contributed by atoms with Crippen molar-refractivity contribution in [3.8, 4) is 11.4 Å². The fraction of sp³-hybridized carbons (Fsp3) is 0.296. The number of ether oxygens (including phenoxy) is 2. The number of oxime groups is 1. The van der Waals surface area contributed by atoms with Crippen molar-refractivity contribution in [1.82, 2.24) is 14.5 Å². The molecule has 0 N–H and O–H groups in total. The van der Waals surface area contributed by atoms with Gasteiger partial charge in [-0.2, -0.15) is 0 Å². The van der Waals surface area contributed by atoms with Crippen molar-refractivity contribution >= 4 is 17.9 Å². The summed E-state index contributed by atoms with van der Waals surface area (Å²) in [6.45, 7) is 4.38. The molecule has 1 aromatic heterocycles. The van der Waals surface area contributed by atoms with Gasteiger partial charge in [-0.25, -0.2) is 14.2 Å². The standard InChI is InChI=1S/C27H27FN4O4/c1-4-35-26(33)27(21-8-10-22(28)11-9-21)32-13-5-6-20(25(32)30-36-27)14-19-7-12-23(24(15-19)34-3)31-16-18(2)29-17-31/h7-12,14-17H,4-6,13H2,1-3H3/b20-14+/t27-/m1/s1. The van der Waals surface area contributed by atoms with E-state index in [0.29, 0.717) is 23.7 Å². The summed E-state index contributed by atoms with van der Waals surface area (Å²) in [5.41, 5.74) is 2.49. The molecule has 2 aromatic carbocycles. The largest absolute Gasteiger partial charge is 0.495 e. The first kappa shape index (κ1) is 23.6. The first-order chi connectivity index (χ1) is 17.5. The molecule has 1 atom stereocenters. The van der Waals surface area contributed by atoms with Gasteiger partial charge in [0.15, 0.2) is 5.84 Å². The lowest BCUT2D eigenvalue weighted by Gasteiger charge is -2.37. The zero-order valence-corrected chi connectivity index (χ0v) is 20.4. The number of methoxy groups -OCH3 is 1. The number of aromatic nitrogens is 2. The van der Waals surface area contributed by atoms with Crippen molar-refractivity contribution in [2.75, 3.05) is 20.3 Å². The summed E-state index contributed by atoms with van der Waals surface area (Å²) in [5, 5.41) is 4.34. The summed E-state index contributed by atoms with van der Waals surface area (Å²) in [7, 11) is 1.63. The molecule has 5 rings (SSSR count). The lowest BCUT2D eigenvalue weighted by atomic mass is 9.94. The van der Waals surface area contributed by atoms with E-state index in [0.717, 1.165) is 35.4 Å². The topological polar surface area (TPSA) is 78.2 Å². The number of fused-ring (bicyclic) bond motifs is 1. The van der Waals surface area contributed by atoms with Gasteiger partial charge in [0.25, 0.3) is 0 Å². The molecule has 8 nitrogen and oxygen atoms in total. The molecular weight excluding hydrogens is 463 g/mol. The maximum absolute atomic E-state index is 13.7. The van der Waals surface area contributed by atoms with Crippen molar-refractivity contribution in [3.05, 3.63) is 83.2 Å². The number of nitrogens with zero attached hydrogens (tertiary/aromatic N) is 4. The molecule has 2 aliphatic rings. The minimum atomic E-state index is -1.60. The Hall–Kier alpha value is -4.14. The number of hydrogen-bond acceptors (Lipinski definition) is 7. The Bertz CT molecular complexity index is 1350. The van der Waals surface area contributed by atoms with Crippen LogP contribution in [0.15, 0.2) is 65.7 Å². The molecule has 0 saturated carbocycles. The zero-order valence-electron chi connectivity index (χ0n) is 20.4. The molecule has 0 radical (unpaired) electrons. The highest BCUT2D eigenvalue weighted by atomic mass is 19.1. The number of hydrogen-bond donors (Lipinski definition) is 0. The van der Waals surface area contributed by atoms with E-state index >= 15 is 0 Å². The van der Waals surface area contributed by atoms with Crippen LogP contribution in [0, 0.1) is 12.7 Å². The second-order valence-corrected chi connectivity index (χ2v) is 8.66. The van der Waals surface area contributed by atoms with Crippen molar-refractivity contribution in [1.29, 1.82) is 0 Å². The molecule has 0 spiro atoms. The van der Waals surface area contributed by atoms with Crippen molar-refractivity contribution in [2.24, 2.45) is 5.16 Å². The minimum Gasteiger partial charge on any atom is -0.495 e. The normalized spacial score (nSPS) is 20.1. The van der Waals surface area contributed by atoms with Crippen molar-refractivity contribution < 1.29 is 23.5 Å². The van der Waals surface area contributed by atoms with Crippen LogP contribution in [0.25, 0.3) is 11.8 Å². The van der Waals surface area contributed by atoms with Crippen LogP contribution < -0.4 is 4.74 Å². The van der Waals surface area contributed by atoms with Gasteiger partial charge in [0.05, 0.1) is 31.4 Å². The van der Waals surface area contributed by atoms with Gasteiger partial charge in [0.1, 0.15) is 11.6 Å². The average molecular weight is 491 g/mol. The zero-order chi connectivity index (χ0) is 25.3. The fourth-order valence-corrected chi connectivity index (χ4v) is 4.66. The van der Waals surface area contributed by atoms with Crippen LogP contribution in [0.1, 0.15) is 36.6 Å². The lowest BCUT2D eigenvalue weighted by molar-refractivity contribution is -0.189. The third-order valence-electron chi connectivity index (χ3n) is 6.34. The van der Waals surface area contributed by atoms with E-state index in [1.165, 1.54) is 24.3 Å². The van der Waals surface area contributed by atoms with Crippen molar-refractivity contribution in [2.45, 2.75) is 32.4 Å². The minimum absolute atomic E-state index is 0.180. The van der Waals surface area contributed by atoms with Gasteiger partial charge in [0, 0.05) is 18.3 Å². The SMILES string of the molecule is CCOC(=O)[C@@]1(c2ccc(F)cc2)ON=C2/C(=C/c3ccc(-n4cnc(C)c4)c(OC)c3)CCCN21. The van der Waals surface area contributed by atoms with Crippen LogP contribution in [0.2, 0.25) is 0 Å². The Balaban J connectivity index is 1.50. The third kappa shape index (κ3) is 4.00. The first-order valence-electron chi connectivity index (χ1n) is 11.8. The van der Waals surface area contributed by atoms with Crippen LogP contribution in [0.5, 0.6) is 5.75 Å². The molecule has 3 heterocycles. The van der Waals surface area contributed by atoms with Gasteiger partial charge in [0.2, 0.25) is 0 Å². The van der Waals surface area contributed by atoms with Crippen molar-refractivity contribution in [3.63, 3.8) is 0 Å². The number of carbonyl (C=O) groups is 1. The highest BCUT2D eigenvalue weighted by Gasteiger charge is 2.57. The molecule has 0 unspecified atom stereocenters. The predicted octanol–water partition coefficient (Wildman–Crippen LogP) is 4.57. The Morgan fingerprint density at radius 2 is 2.06 bits per heavy atom. The molecule has 0 amide bonds. The molecule has 2 aliphatic heterocycles. The van der Waals surface area contributed by atoms with Gasteiger partial charge >= 0.3 is 11.7 Å². The summed E-state index contributed by atoms with van der Waals surface area (Å²) >= 11 is 0. The number of esters is 1. The summed E-state index contributed by atoms with van der Waals surface area (Å²) < 4.78 is 26.6. The summed E-state index contributed by atoms with van der Waals surface area (Å²) in [4.78, 5) is 25.2. The molecule has 36 heavy (non-hydrogen) atoms. The quantitative estimate of drug-likeness (QED) is 0.471. The van der Waals surface area contributed by atoms with E-state index in [4.69, 9.17) is 14.3 Å². The average Bonchev–Trinajstić information content (AvgIpc) is 3.50. The van der Waals surface area contributed by atoms with Gasteiger partial charge in [-0.3, -0.25) is 0 Å². The van der Waals surface area contributed by atoms with Gasteiger partial charge < -0.3 is 23.8 Å². The van der Waals surface area contributed by atoms with Crippen LogP contribution in [-0.4, -0.2) is 46.5 Å². The summed E-state index contributed by atoms with van der Waals surface area (Å²) in [6, 6.07) is 11.6.